The van der Waals surface area contributed by atoms with Crippen LogP contribution in [-0.2, 0) is 0 Å². The highest BCUT2D eigenvalue weighted by Gasteiger charge is 2.42. The van der Waals surface area contributed by atoms with Crippen LogP contribution in [0.3, 0.4) is 0 Å². The predicted molar refractivity (Wildman–Crippen MR) is 58.6 cm³/mol. The van der Waals surface area contributed by atoms with Gasteiger partial charge in [0.25, 0.3) is 0 Å². The lowest BCUT2D eigenvalue weighted by molar-refractivity contribution is 0.319. The van der Waals surface area contributed by atoms with Crippen molar-refractivity contribution in [1.82, 2.24) is 0 Å². The zero-order valence-corrected chi connectivity index (χ0v) is 9.31. The molecule has 1 saturated carbocycles. The number of hydrogen-bond acceptors (Lipinski definition) is 1. The Balaban J connectivity index is 2.28. The van der Waals surface area contributed by atoms with E-state index in [4.69, 9.17) is 5.73 Å². The van der Waals surface area contributed by atoms with Crippen LogP contribution in [0.25, 0.3) is 0 Å². The topological polar surface area (TPSA) is 26.0 Å². The maximum absolute atomic E-state index is 5.81. The van der Waals surface area contributed by atoms with Gasteiger partial charge in [0.1, 0.15) is 0 Å². The second kappa shape index (κ2) is 4.99. The van der Waals surface area contributed by atoms with Crippen molar-refractivity contribution in [3.8, 4) is 0 Å². The summed E-state index contributed by atoms with van der Waals surface area (Å²) >= 11 is 0. The van der Waals surface area contributed by atoms with Crippen LogP contribution in [0, 0.1) is 11.3 Å². The Hall–Kier alpha value is -0.0400. The number of hydrogen-bond donors (Lipinski definition) is 1. The van der Waals surface area contributed by atoms with Gasteiger partial charge in [-0.2, -0.15) is 0 Å². The van der Waals surface area contributed by atoms with Crippen LogP contribution in [0.4, 0.5) is 0 Å². The van der Waals surface area contributed by atoms with Gasteiger partial charge in [0, 0.05) is 0 Å². The molecule has 78 valence electrons. The van der Waals surface area contributed by atoms with Crippen LogP contribution in [0.5, 0.6) is 0 Å². The van der Waals surface area contributed by atoms with Crippen molar-refractivity contribution < 1.29 is 0 Å². The van der Waals surface area contributed by atoms with E-state index in [0.29, 0.717) is 5.41 Å². The minimum atomic E-state index is 0.592. The summed E-state index contributed by atoms with van der Waals surface area (Å²) in [6, 6.07) is 0. The molecular weight excluding hydrogens is 158 g/mol. The van der Waals surface area contributed by atoms with E-state index in [1.165, 1.54) is 44.9 Å². The molecule has 0 heterocycles. The molecule has 0 atom stereocenters. The van der Waals surface area contributed by atoms with Gasteiger partial charge >= 0.3 is 0 Å². The molecule has 1 nitrogen and oxygen atoms in total. The van der Waals surface area contributed by atoms with E-state index in [-0.39, 0.29) is 0 Å². The van der Waals surface area contributed by atoms with Crippen molar-refractivity contribution in [2.45, 2.75) is 58.8 Å². The first-order valence-corrected chi connectivity index (χ1v) is 5.96. The molecule has 1 rings (SSSR count). The SMILES string of the molecule is CCCC(CCC)CC1(CN)CC1. The summed E-state index contributed by atoms with van der Waals surface area (Å²) < 4.78 is 0. The summed E-state index contributed by atoms with van der Waals surface area (Å²) in [4.78, 5) is 0. The monoisotopic (exact) mass is 183 g/mol. The summed E-state index contributed by atoms with van der Waals surface area (Å²) in [5.41, 5.74) is 6.40. The average Bonchev–Trinajstić information content (AvgIpc) is 2.87. The molecule has 13 heavy (non-hydrogen) atoms. The third kappa shape index (κ3) is 3.30. The van der Waals surface area contributed by atoms with E-state index in [1.807, 2.05) is 0 Å². The van der Waals surface area contributed by atoms with Crippen molar-refractivity contribution >= 4 is 0 Å². The number of nitrogens with two attached hydrogens (primary N) is 1. The zero-order valence-electron chi connectivity index (χ0n) is 9.31. The van der Waals surface area contributed by atoms with Crippen molar-refractivity contribution in [2.75, 3.05) is 6.54 Å². The molecule has 0 aromatic heterocycles. The molecule has 2 N–H and O–H groups in total. The quantitative estimate of drug-likeness (QED) is 0.643. The Morgan fingerprint density at radius 2 is 1.69 bits per heavy atom. The summed E-state index contributed by atoms with van der Waals surface area (Å²) in [5.74, 6) is 0.959. The van der Waals surface area contributed by atoms with Crippen LogP contribution in [0.15, 0.2) is 0 Å². The minimum Gasteiger partial charge on any atom is -0.330 e. The molecule has 0 aromatic rings. The van der Waals surface area contributed by atoms with E-state index >= 15 is 0 Å². The molecule has 0 aliphatic heterocycles. The van der Waals surface area contributed by atoms with Crippen LogP contribution < -0.4 is 5.73 Å². The summed E-state index contributed by atoms with van der Waals surface area (Å²) in [6.45, 7) is 5.52. The van der Waals surface area contributed by atoms with Gasteiger partial charge in [-0.3, -0.25) is 0 Å². The Morgan fingerprint density at radius 3 is 2.00 bits per heavy atom. The van der Waals surface area contributed by atoms with Gasteiger partial charge in [0.05, 0.1) is 0 Å². The maximum Gasteiger partial charge on any atom is -0.00204 e. The van der Waals surface area contributed by atoms with Gasteiger partial charge in [0.2, 0.25) is 0 Å². The Morgan fingerprint density at radius 1 is 1.15 bits per heavy atom. The largest absolute Gasteiger partial charge is 0.330 e. The second-order valence-corrected chi connectivity index (χ2v) is 4.85. The van der Waals surface area contributed by atoms with Gasteiger partial charge in [-0.15, -0.1) is 0 Å². The first-order chi connectivity index (χ1) is 6.26. The van der Waals surface area contributed by atoms with Crippen molar-refractivity contribution in [1.29, 1.82) is 0 Å². The van der Waals surface area contributed by atoms with Crippen molar-refractivity contribution in [3.63, 3.8) is 0 Å². The Labute approximate surface area is 83.1 Å². The van der Waals surface area contributed by atoms with E-state index in [1.54, 1.807) is 0 Å². The molecule has 0 bridgehead atoms. The smallest absolute Gasteiger partial charge is 0.00204 e. The summed E-state index contributed by atoms with van der Waals surface area (Å²) in [7, 11) is 0. The summed E-state index contributed by atoms with van der Waals surface area (Å²) in [5, 5.41) is 0. The molecule has 0 aromatic carbocycles. The van der Waals surface area contributed by atoms with Gasteiger partial charge in [0.15, 0.2) is 0 Å². The fraction of sp³-hybridized carbons (Fsp3) is 1.00. The lowest BCUT2D eigenvalue weighted by atomic mass is 9.86. The van der Waals surface area contributed by atoms with Crippen molar-refractivity contribution in [3.05, 3.63) is 0 Å². The van der Waals surface area contributed by atoms with Crippen LogP contribution in [-0.4, -0.2) is 6.54 Å². The molecule has 1 aliphatic rings. The molecule has 1 heteroatoms. The lowest BCUT2D eigenvalue weighted by Gasteiger charge is -2.21. The maximum atomic E-state index is 5.81. The second-order valence-electron chi connectivity index (χ2n) is 4.85. The van der Waals surface area contributed by atoms with Crippen LogP contribution in [0.2, 0.25) is 0 Å². The molecule has 0 saturated heterocycles. The van der Waals surface area contributed by atoms with Crippen LogP contribution >= 0.6 is 0 Å². The minimum absolute atomic E-state index is 0.592. The summed E-state index contributed by atoms with van der Waals surface area (Å²) in [6.07, 6.45) is 9.70. The van der Waals surface area contributed by atoms with Crippen LogP contribution in [0.1, 0.15) is 58.8 Å². The highest BCUT2D eigenvalue weighted by atomic mass is 14.7. The highest BCUT2D eigenvalue weighted by Crippen LogP contribution is 2.50. The number of rotatable bonds is 7. The fourth-order valence-corrected chi connectivity index (χ4v) is 2.45. The molecule has 0 radical (unpaired) electrons. The average molecular weight is 183 g/mol. The fourth-order valence-electron chi connectivity index (χ4n) is 2.45. The Bertz CT molecular complexity index is 132. The van der Waals surface area contributed by atoms with E-state index in [2.05, 4.69) is 13.8 Å². The predicted octanol–water partition coefficient (Wildman–Crippen LogP) is 3.33. The molecule has 0 unspecified atom stereocenters. The van der Waals surface area contributed by atoms with Gasteiger partial charge in [-0.1, -0.05) is 39.5 Å². The molecule has 0 spiro atoms. The lowest BCUT2D eigenvalue weighted by Crippen LogP contribution is -2.19. The molecule has 1 aliphatic carbocycles. The van der Waals surface area contributed by atoms with Gasteiger partial charge < -0.3 is 5.73 Å². The van der Waals surface area contributed by atoms with E-state index < -0.39 is 0 Å². The van der Waals surface area contributed by atoms with Gasteiger partial charge in [-0.05, 0) is 37.1 Å². The zero-order chi connectivity index (χ0) is 9.73. The molecular formula is C12H25N. The van der Waals surface area contributed by atoms with Crippen molar-refractivity contribution in [2.24, 2.45) is 17.1 Å². The third-order valence-corrected chi connectivity index (χ3v) is 3.51. The molecule has 0 amide bonds. The normalized spacial score (nSPS) is 19.4. The first-order valence-electron chi connectivity index (χ1n) is 5.96. The van der Waals surface area contributed by atoms with E-state index in [0.717, 1.165) is 12.5 Å². The molecule has 1 fully saturated rings. The standard InChI is InChI=1S/C12H25N/c1-3-5-11(6-4-2)9-12(10-13)7-8-12/h11H,3-10,13H2,1-2H3. The van der Waals surface area contributed by atoms with Gasteiger partial charge in [-0.25, -0.2) is 0 Å². The third-order valence-electron chi connectivity index (χ3n) is 3.51. The van der Waals surface area contributed by atoms with E-state index in [9.17, 15) is 0 Å². The Kier molecular flexibility index (Phi) is 4.24. The first kappa shape index (κ1) is 11.0. The highest BCUT2D eigenvalue weighted by molar-refractivity contribution is 4.95.